The number of amidine groups is 1. The van der Waals surface area contributed by atoms with Gasteiger partial charge in [0, 0.05) is 17.1 Å². The SMILES string of the molecule is O=C1NC(=Nc2cc(-c3nc4ccccc4s3)ccc2Cl)SC1=Cc1ccc2ncccc2c1. The summed E-state index contributed by atoms with van der Waals surface area (Å²) in [6.07, 6.45) is 3.62. The molecular weight excluding hydrogens is 484 g/mol. The molecule has 0 bridgehead atoms. The Morgan fingerprint density at radius 2 is 1.88 bits per heavy atom. The minimum Gasteiger partial charge on any atom is -0.300 e. The Morgan fingerprint density at radius 1 is 0.971 bits per heavy atom. The van der Waals surface area contributed by atoms with Gasteiger partial charge in [0.25, 0.3) is 5.91 Å². The van der Waals surface area contributed by atoms with Crippen LogP contribution in [-0.4, -0.2) is 21.0 Å². The van der Waals surface area contributed by atoms with E-state index in [9.17, 15) is 4.79 Å². The summed E-state index contributed by atoms with van der Waals surface area (Å²) in [5.74, 6) is -0.187. The van der Waals surface area contributed by atoms with Gasteiger partial charge in [0.15, 0.2) is 5.17 Å². The summed E-state index contributed by atoms with van der Waals surface area (Å²) in [5.41, 5.74) is 4.32. The first kappa shape index (κ1) is 21.0. The van der Waals surface area contributed by atoms with Gasteiger partial charge in [-0.1, -0.05) is 41.9 Å². The largest absolute Gasteiger partial charge is 0.300 e. The van der Waals surface area contributed by atoms with Crippen molar-refractivity contribution in [3.05, 3.63) is 94.5 Å². The number of thiazole rings is 1. The lowest BCUT2D eigenvalue weighted by atomic mass is 10.1. The van der Waals surface area contributed by atoms with Crippen LogP contribution in [0.15, 0.2) is 88.9 Å². The molecule has 1 aliphatic rings. The number of thioether (sulfide) groups is 1. The molecule has 1 fully saturated rings. The third-order valence-corrected chi connectivity index (χ3v) is 7.60. The summed E-state index contributed by atoms with van der Waals surface area (Å²) in [4.78, 5) is 26.8. The van der Waals surface area contributed by atoms with Gasteiger partial charge >= 0.3 is 0 Å². The van der Waals surface area contributed by atoms with Gasteiger partial charge < -0.3 is 5.32 Å². The first-order valence-electron chi connectivity index (χ1n) is 10.4. The van der Waals surface area contributed by atoms with Crippen LogP contribution in [0.25, 0.3) is 37.8 Å². The number of rotatable bonds is 3. The van der Waals surface area contributed by atoms with E-state index in [-0.39, 0.29) is 5.91 Å². The van der Waals surface area contributed by atoms with E-state index in [2.05, 4.69) is 21.4 Å². The number of aromatic nitrogens is 2. The Morgan fingerprint density at radius 3 is 2.79 bits per heavy atom. The molecule has 5 aromatic rings. The summed E-state index contributed by atoms with van der Waals surface area (Å²) in [7, 11) is 0. The molecule has 0 spiro atoms. The van der Waals surface area contributed by atoms with Crippen molar-refractivity contribution in [3.63, 3.8) is 0 Å². The van der Waals surface area contributed by atoms with E-state index in [4.69, 9.17) is 16.6 Å². The number of hydrogen-bond acceptors (Lipinski definition) is 6. The van der Waals surface area contributed by atoms with Gasteiger partial charge in [-0.2, -0.15) is 0 Å². The van der Waals surface area contributed by atoms with Crippen molar-refractivity contribution in [3.8, 4) is 10.6 Å². The molecule has 1 saturated heterocycles. The molecule has 3 heterocycles. The van der Waals surface area contributed by atoms with Gasteiger partial charge in [0.2, 0.25) is 0 Å². The van der Waals surface area contributed by atoms with Crippen molar-refractivity contribution in [2.75, 3.05) is 0 Å². The van der Waals surface area contributed by atoms with E-state index < -0.39 is 0 Å². The molecular formula is C26H15ClN4OS2. The number of amides is 1. The molecule has 3 aromatic carbocycles. The minimum atomic E-state index is -0.187. The molecule has 5 nitrogen and oxygen atoms in total. The van der Waals surface area contributed by atoms with Crippen LogP contribution in [0.4, 0.5) is 5.69 Å². The first-order valence-corrected chi connectivity index (χ1v) is 12.4. The number of nitrogens with zero attached hydrogens (tertiary/aromatic N) is 3. The molecule has 6 rings (SSSR count). The number of fused-ring (bicyclic) bond motifs is 2. The zero-order valence-electron chi connectivity index (χ0n) is 17.5. The summed E-state index contributed by atoms with van der Waals surface area (Å²) >= 11 is 9.34. The summed E-state index contributed by atoms with van der Waals surface area (Å²) in [6, 6.07) is 23.5. The number of aliphatic imine (C=N–C) groups is 1. The van der Waals surface area contributed by atoms with Crippen LogP contribution in [0.5, 0.6) is 0 Å². The third kappa shape index (κ3) is 4.09. The average Bonchev–Trinajstić information content (AvgIpc) is 3.43. The Balaban J connectivity index is 1.30. The predicted octanol–water partition coefficient (Wildman–Crippen LogP) is 7.06. The maximum atomic E-state index is 12.6. The Bertz CT molecular complexity index is 1620. The van der Waals surface area contributed by atoms with Crippen molar-refractivity contribution < 1.29 is 4.79 Å². The van der Waals surface area contributed by atoms with Crippen molar-refractivity contribution in [1.82, 2.24) is 15.3 Å². The molecule has 0 radical (unpaired) electrons. The van der Waals surface area contributed by atoms with E-state index in [1.54, 1.807) is 17.5 Å². The topological polar surface area (TPSA) is 67.2 Å². The van der Waals surface area contributed by atoms with E-state index in [0.717, 1.165) is 37.3 Å². The van der Waals surface area contributed by atoms with Crippen LogP contribution in [-0.2, 0) is 4.79 Å². The van der Waals surface area contributed by atoms with E-state index in [1.165, 1.54) is 11.8 Å². The normalized spacial score (nSPS) is 16.1. The quantitative estimate of drug-likeness (QED) is 0.270. The van der Waals surface area contributed by atoms with Crippen LogP contribution < -0.4 is 5.32 Å². The molecule has 8 heteroatoms. The van der Waals surface area contributed by atoms with Gasteiger partial charge in [-0.05, 0) is 65.9 Å². The van der Waals surface area contributed by atoms with Crippen LogP contribution in [0.3, 0.4) is 0 Å². The van der Waals surface area contributed by atoms with Crippen molar-refractivity contribution >= 4 is 78.7 Å². The fourth-order valence-electron chi connectivity index (χ4n) is 3.65. The standard InChI is InChI=1S/C26H15ClN4OS2/c27-18-9-8-17(25-29-20-5-1-2-6-22(20)33-25)14-21(18)30-26-31-24(32)23(34-26)13-15-7-10-19-16(12-15)4-3-11-28-19/h1-14H,(H,30,31,32). The highest BCUT2D eigenvalue weighted by molar-refractivity contribution is 8.18. The van der Waals surface area contributed by atoms with Crippen LogP contribution in [0.2, 0.25) is 5.02 Å². The number of nitrogens with one attached hydrogen (secondary N) is 1. The lowest BCUT2D eigenvalue weighted by Gasteiger charge is -2.03. The van der Waals surface area contributed by atoms with Crippen molar-refractivity contribution in [1.29, 1.82) is 0 Å². The molecule has 1 N–H and O–H groups in total. The zero-order chi connectivity index (χ0) is 23.1. The Hall–Kier alpha value is -3.52. The van der Waals surface area contributed by atoms with Crippen molar-refractivity contribution in [2.24, 2.45) is 4.99 Å². The monoisotopic (exact) mass is 498 g/mol. The van der Waals surface area contributed by atoms with Crippen LogP contribution in [0.1, 0.15) is 5.56 Å². The summed E-state index contributed by atoms with van der Waals surface area (Å²) < 4.78 is 1.12. The molecule has 0 aliphatic carbocycles. The van der Waals surface area contributed by atoms with Gasteiger partial charge in [-0.25, -0.2) is 9.98 Å². The third-order valence-electron chi connectivity index (χ3n) is 5.28. The number of halogens is 1. The van der Waals surface area contributed by atoms with Crippen LogP contribution >= 0.6 is 34.7 Å². The molecule has 2 aromatic heterocycles. The van der Waals surface area contributed by atoms with Gasteiger partial charge in [0.1, 0.15) is 5.01 Å². The molecule has 164 valence electrons. The second-order valence-electron chi connectivity index (χ2n) is 7.59. The maximum absolute atomic E-state index is 12.6. The number of benzene rings is 3. The maximum Gasteiger partial charge on any atom is 0.264 e. The fraction of sp³-hybridized carbons (Fsp3) is 0. The highest BCUT2D eigenvalue weighted by atomic mass is 35.5. The summed E-state index contributed by atoms with van der Waals surface area (Å²) in [6.45, 7) is 0. The number of para-hydroxylation sites is 1. The molecule has 1 amide bonds. The first-order chi connectivity index (χ1) is 16.6. The fourth-order valence-corrected chi connectivity index (χ4v) is 5.61. The zero-order valence-corrected chi connectivity index (χ0v) is 19.9. The molecule has 1 aliphatic heterocycles. The molecule has 0 unspecified atom stereocenters. The highest BCUT2D eigenvalue weighted by Gasteiger charge is 2.24. The molecule has 34 heavy (non-hydrogen) atoms. The second kappa shape index (κ2) is 8.68. The summed E-state index contributed by atoms with van der Waals surface area (Å²) in [5, 5.41) is 5.75. The molecule has 0 saturated carbocycles. The minimum absolute atomic E-state index is 0.187. The lowest BCUT2D eigenvalue weighted by molar-refractivity contribution is -0.115. The van der Waals surface area contributed by atoms with Gasteiger partial charge in [0.05, 0.1) is 31.3 Å². The number of pyridine rings is 1. The second-order valence-corrected chi connectivity index (χ2v) is 10.1. The number of hydrogen-bond donors (Lipinski definition) is 1. The van der Waals surface area contributed by atoms with Gasteiger partial charge in [-0.15, -0.1) is 11.3 Å². The number of carbonyl (C=O) groups is 1. The Kier molecular flexibility index (Phi) is 5.37. The van der Waals surface area contributed by atoms with E-state index >= 15 is 0 Å². The number of carbonyl (C=O) groups excluding carboxylic acids is 1. The van der Waals surface area contributed by atoms with E-state index in [0.29, 0.717) is 20.8 Å². The smallest absolute Gasteiger partial charge is 0.264 e. The average molecular weight is 499 g/mol. The lowest BCUT2D eigenvalue weighted by Crippen LogP contribution is -2.19. The Labute approximate surface area is 208 Å². The van der Waals surface area contributed by atoms with E-state index in [1.807, 2.05) is 72.8 Å². The predicted molar refractivity (Wildman–Crippen MR) is 143 cm³/mol. The highest BCUT2D eigenvalue weighted by Crippen LogP contribution is 2.36. The molecule has 0 atom stereocenters. The van der Waals surface area contributed by atoms with Crippen LogP contribution in [0, 0.1) is 0 Å². The van der Waals surface area contributed by atoms with Gasteiger partial charge in [-0.3, -0.25) is 9.78 Å². The van der Waals surface area contributed by atoms with Crippen molar-refractivity contribution in [2.45, 2.75) is 0 Å².